The van der Waals surface area contributed by atoms with Crippen molar-refractivity contribution < 1.29 is 14.3 Å². The van der Waals surface area contributed by atoms with Gasteiger partial charge in [0.05, 0.1) is 5.69 Å². The zero-order valence-electron chi connectivity index (χ0n) is 9.90. The first-order valence-corrected chi connectivity index (χ1v) is 5.52. The number of rotatable bonds is 6. The average Bonchev–Trinajstić information content (AvgIpc) is 2.29. The number of halogens is 1. The zero-order valence-corrected chi connectivity index (χ0v) is 9.90. The summed E-state index contributed by atoms with van der Waals surface area (Å²) in [6.07, 6.45) is 2.25. The number of anilines is 1. The Kier molecular flexibility index (Phi) is 4.81. The molecule has 5 nitrogen and oxygen atoms in total. The lowest BCUT2D eigenvalue weighted by atomic mass is 10.2. The molecule has 6 heteroatoms. The number of aliphatic carboxylic acids is 1. The normalized spacial score (nSPS) is 12.2. The topological polar surface area (TPSA) is 75.1 Å². The number of aromatic nitrogens is 2. The summed E-state index contributed by atoms with van der Waals surface area (Å²) in [6.45, 7) is 3.60. The number of hydrogen-bond acceptors (Lipinski definition) is 4. The minimum atomic E-state index is -0.865. The van der Waals surface area contributed by atoms with E-state index in [0.717, 1.165) is 0 Å². The van der Waals surface area contributed by atoms with Crippen LogP contribution in [0.3, 0.4) is 0 Å². The van der Waals surface area contributed by atoms with E-state index in [9.17, 15) is 9.18 Å². The van der Waals surface area contributed by atoms with Gasteiger partial charge in [-0.3, -0.25) is 4.79 Å². The van der Waals surface area contributed by atoms with Gasteiger partial charge in [-0.2, -0.15) is 0 Å². The van der Waals surface area contributed by atoms with Gasteiger partial charge in [0.2, 0.25) is 0 Å². The van der Waals surface area contributed by atoms with E-state index in [2.05, 4.69) is 15.3 Å². The second-order valence-corrected chi connectivity index (χ2v) is 3.81. The second kappa shape index (κ2) is 6.12. The van der Waals surface area contributed by atoms with Crippen LogP contribution < -0.4 is 5.32 Å². The molecule has 0 aromatic carbocycles. The number of nitrogens with zero attached hydrogens (tertiary/aromatic N) is 2. The minimum Gasteiger partial charge on any atom is -0.481 e. The van der Waals surface area contributed by atoms with Crippen LogP contribution in [0, 0.1) is 5.82 Å². The van der Waals surface area contributed by atoms with Gasteiger partial charge in [0.15, 0.2) is 11.6 Å². The largest absolute Gasteiger partial charge is 0.481 e. The summed E-state index contributed by atoms with van der Waals surface area (Å²) in [6, 6.07) is -0.153. The lowest BCUT2D eigenvalue weighted by Crippen LogP contribution is -2.19. The monoisotopic (exact) mass is 241 g/mol. The van der Waals surface area contributed by atoms with E-state index in [4.69, 9.17) is 5.11 Å². The van der Waals surface area contributed by atoms with E-state index in [0.29, 0.717) is 18.5 Å². The fourth-order valence-electron chi connectivity index (χ4n) is 1.40. The fourth-order valence-corrected chi connectivity index (χ4v) is 1.40. The van der Waals surface area contributed by atoms with E-state index >= 15 is 0 Å². The molecule has 0 amide bonds. The summed E-state index contributed by atoms with van der Waals surface area (Å²) < 4.78 is 13.7. The summed E-state index contributed by atoms with van der Waals surface area (Å²) >= 11 is 0. The highest BCUT2D eigenvalue weighted by Gasteiger charge is 2.12. The van der Waals surface area contributed by atoms with Crippen molar-refractivity contribution in [3.05, 3.63) is 17.8 Å². The van der Waals surface area contributed by atoms with Crippen LogP contribution in [0.15, 0.2) is 6.33 Å². The predicted molar refractivity (Wildman–Crippen MR) is 61.3 cm³/mol. The molecule has 1 atom stereocenters. The molecule has 1 aromatic rings. The van der Waals surface area contributed by atoms with Crippen LogP contribution in [0.5, 0.6) is 0 Å². The molecule has 2 N–H and O–H groups in total. The fraction of sp³-hybridized carbons (Fsp3) is 0.545. The molecule has 0 aliphatic rings. The SMILES string of the molecule is CCc1ncnc(NC(C)CCC(=O)O)c1F. The van der Waals surface area contributed by atoms with Crippen molar-refractivity contribution in [3.8, 4) is 0 Å². The van der Waals surface area contributed by atoms with Gasteiger partial charge >= 0.3 is 5.97 Å². The van der Waals surface area contributed by atoms with Crippen LogP contribution in [0.4, 0.5) is 10.2 Å². The lowest BCUT2D eigenvalue weighted by Gasteiger charge is -2.14. The van der Waals surface area contributed by atoms with Crippen molar-refractivity contribution in [1.82, 2.24) is 9.97 Å². The highest BCUT2D eigenvalue weighted by Crippen LogP contribution is 2.15. The van der Waals surface area contributed by atoms with Crippen molar-refractivity contribution in [2.45, 2.75) is 39.2 Å². The Bertz CT molecular complexity index is 398. The maximum Gasteiger partial charge on any atom is 0.303 e. The molecule has 1 heterocycles. The zero-order chi connectivity index (χ0) is 12.8. The quantitative estimate of drug-likeness (QED) is 0.794. The van der Waals surface area contributed by atoms with Crippen molar-refractivity contribution in [2.24, 2.45) is 0 Å². The van der Waals surface area contributed by atoms with E-state index in [-0.39, 0.29) is 18.3 Å². The van der Waals surface area contributed by atoms with Crippen LogP contribution in [-0.2, 0) is 11.2 Å². The number of carboxylic acid groups (broad SMARTS) is 1. The number of hydrogen-bond donors (Lipinski definition) is 2. The molecule has 0 fully saturated rings. The Morgan fingerprint density at radius 3 is 2.88 bits per heavy atom. The van der Waals surface area contributed by atoms with Crippen LogP contribution >= 0.6 is 0 Å². The average molecular weight is 241 g/mol. The smallest absolute Gasteiger partial charge is 0.303 e. The summed E-state index contributed by atoms with van der Waals surface area (Å²) in [5, 5.41) is 11.4. The lowest BCUT2D eigenvalue weighted by molar-refractivity contribution is -0.137. The van der Waals surface area contributed by atoms with E-state index in [1.165, 1.54) is 6.33 Å². The Labute approximate surface area is 99.1 Å². The molecule has 0 saturated carbocycles. The van der Waals surface area contributed by atoms with Gasteiger partial charge in [0.1, 0.15) is 6.33 Å². The first-order chi connectivity index (χ1) is 8.04. The number of carboxylic acids is 1. The molecular weight excluding hydrogens is 225 g/mol. The third-order valence-corrected chi connectivity index (χ3v) is 2.37. The number of carbonyl (C=O) groups is 1. The molecule has 0 spiro atoms. The van der Waals surface area contributed by atoms with E-state index < -0.39 is 11.8 Å². The van der Waals surface area contributed by atoms with Crippen molar-refractivity contribution in [3.63, 3.8) is 0 Å². The van der Waals surface area contributed by atoms with Crippen molar-refractivity contribution in [2.75, 3.05) is 5.32 Å². The summed E-state index contributed by atoms with van der Waals surface area (Å²) in [5.41, 5.74) is 0.355. The van der Waals surface area contributed by atoms with Crippen molar-refractivity contribution in [1.29, 1.82) is 0 Å². The van der Waals surface area contributed by atoms with Gasteiger partial charge in [0.25, 0.3) is 0 Å². The highest BCUT2D eigenvalue weighted by atomic mass is 19.1. The van der Waals surface area contributed by atoms with Gasteiger partial charge in [-0.15, -0.1) is 0 Å². The summed E-state index contributed by atoms with van der Waals surface area (Å²) in [5.74, 6) is -1.19. The number of nitrogens with one attached hydrogen (secondary N) is 1. The maximum atomic E-state index is 13.7. The van der Waals surface area contributed by atoms with Crippen LogP contribution in [-0.4, -0.2) is 27.1 Å². The third-order valence-electron chi connectivity index (χ3n) is 2.37. The number of aryl methyl sites for hydroxylation is 1. The standard InChI is InChI=1S/C11H16FN3O2/c1-3-8-10(12)11(14-6-13-8)15-7(2)4-5-9(16)17/h6-7H,3-5H2,1-2H3,(H,16,17)(H,13,14,15). The Balaban J connectivity index is 2.64. The molecule has 1 rings (SSSR count). The van der Waals surface area contributed by atoms with Crippen LogP contribution in [0.2, 0.25) is 0 Å². The van der Waals surface area contributed by atoms with Gasteiger partial charge in [-0.25, -0.2) is 14.4 Å². The molecule has 0 aliphatic heterocycles. The van der Waals surface area contributed by atoms with Gasteiger partial charge < -0.3 is 10.4 Å². The molecule has 0 aliphatic carbocycles. The van der Waals surface area contributed by atoms with E-state index in [1.807, 2.05) is 6.92 Å². The van der Waals surface area contributed by atoms with Crippen molar-refractivity contribution >= 4 is 11.8 Å². The Morgan fingerprint density at radius 1 is 1.59 bits per heavy atom. The Morgan fingerprint density at radius 2 is 2.29 bits per heavy atom. The van der Waals surface area contributed by atoms with Gasteiger partial charge in [-0.05, 0) is 19.8 Å². The molecule has 17 heavy (non-hydrogen) atoms. The minimum absolute atomic E-state index is 0.0432. The summed E-state index contributed by atoms with van der Waals surface area (Å²) in [7, 11) is 0. The first-order valence-electron chi connectivity index (χ1n) is 5.52. The first kappa shape index (κ1) is 13.3. The third kappa shape index (κ3) is 3.97. The van der Waals surface area contributed by atoms with E-state index in [1.54, 1.807) is 6.92 Å². The van der Waals surface area contributed by atoms with Crippen LogP contribution in [0.1, 0.15) is 32.4 Å². The predicted octanol–water partition coefficient (Wildman–Crippen LogP) is 1.84. The molecule has 1 unspecified atom stereocenters. The molecule has 94 valence electrons. The molecular formula is C11H16FN3O2. The molecule has 0 saturated heterocycles. The second-order valence-electron chi connectivity index (χ2n) is 3.81. The Hall–Kier alpha value is -1.72. The van der Waals surface area contributed by atoms with Gasteiger partial charge in [0, 0.05) is 12.5 Å². The molecule has 0 radical (unpaired) electrons. The molecule has 1 aromatic heterocycles. The summed E-state index contributed by atoms with van der Waals surface area (Å²) in [4.78, 5) is 18.0. The highest BCUT2D eigenvalue weighted by molar-refractivity contribution is 5.66. The van der Waals surface area contributed by atoms with Crippen LogP contribution in [0.25, 0.3) is 0 Å². The van der Waals surface area contributed by atoms with Gasteiger partial charge in [-0.1, -0.05) is 6.92 Å². The maximum absolute atomic E-state index is 13.7. The molecule has 0 bridgehead atoms.